The number of fused-ring (bicyclic) bond motifs is 2. The van der Waals surface area contributed by atoms with Gasteiger partial charge < -0.3 is 29.3 Å². The molecule has 0 bridgehead atoms. The highest BCUT2D eigenvalue weighted by Gasteiger charge is 2.39. The molecule has 3 atom stereocenters. The lowest BCUT2D eigenvalue weighted by Crippen LogP contribution is -2.54. The standard InChI is InChI=1S/C27H30FN3O6/c1-30-22-8-7-20(15-25(32)31-10-12-35-13-11-31)37-24(22)16-36-23-9-6-19(14-21(23)27(30)34)29-26(33)17-2-4-18(28)5-3-17/h2-6,9,14,20,22,24H,7-8,10-13,15-16H2,1H3,(H,29,33)/t20-,22-,24-/m0/s1. The van der Waals surface area contributed by atoms with Crippen molar-refractivity contribution in [3.8, 4) is 5.75 Å². The van der Waals surface area contributed by atoms with E-state index in [1.54, 1.807) is 30.1 Å². The van der Waals surface area contributed by atoms with Gasteiger partial charge in [-0.1, -0.05) is 0 Å². The van der Waals surface area contributed by atoms with Crippen molar-refractivity contribution in [1.82, 2.24) is 9.80 Å². The molecule has 3 amide bonds. The molecule has 0 radical (unpaired) electrons. The number of nitrogens with one attached hydrogen (secondary N) is 1. The second kappa shape index (κ2) is 10.9. The normalized spacial score (nSPS) is 23.7. The van der Waals surface area contributed by atoms with Crippen molar-refractivity contribution in [2.75, 3.05) is 45.3 Å². The Balaban J connectivity index is 1.26. The lowest BCUT2D eigenvalue weighted by Gasteiger charge is -2.42. The van der Waals surface area contributed by atoms with Gasteiger partial charge >= 0.3 is 0 Å². The van der Waals surface area contributed by atoms with Crippen LogP contribution >= 0.6 is 0 Å². The van der Waals surface area contributed by atoms with Crippen LogP contribution in [0.2, 0.25) is 0 Å². The minimum Gasteiger partial charge on any atom is -0.490 e. The zero-order chi connectivity index (χ0) is 25.9. The van der Waals surface area contributed by atoms with Crippen LogP contribution in [0.25, 0.3) is 0 Å². The second-order valence-electron chi connectivity index (χ2n) is 9.54. The molecule has 5 rings (SSSR count). The molecule has 0 aliphatic carbocycles. The van der Waals surface area contributed by atoms with Gasteiger partial charge in [0, 0.05) is 31.4 Å². The molecule has 2 fully saturated rings. The summed E-state index contributed by atoms with van der Waals surface area (Å²) in [5, 5.41) is 2.75. The van der Waals surface area contributed by atoms with Gasteiger partial charge in [-0.25, -0.2) is 4.39 Å². The van der Waals surface area contributed by atoms with Crippen molar-refractivity contribution in [3.05, 3.63) is 59.4 Å². The van der Waals surface area contributed by atoms with E-state index >= 15 is 0 Å². The molecular formula is C27H30FN3O6. The molecule has 2 aromatic carbocycles. The van der Waals surface area contributed by atoms with E-state index in [0.29, 0.717) is 68.1 Å². The molecule has 196 valence electrons. The molecule has 2 aromatic rings. The van der Waals surface area contributed by atoms with Crippen LogP contribution in [0.15, 0.2) is 42.5 Å². The monoisotopic (exact) mass is 511 g/mol. The average Bonchev–Trinajstić information content (AvgIpc) is 2.92. The first-order chi connectivity index (χ1) is 17.9. The summed E-state index contributed by atoms with van der Waals surface area (Å²) < 4.78 is 30.8. The molecule has 2 saturated heterocycles. The Labute approximate surface area is 214 Å². The number of carbonyl (C=O) groups is 3. The second-order valence-corrected chi connectivity index (χ2v) is 9.54. The third kappa shape index (κ3) is 5.60. The number of carbonyl (C=O) groups excluding carboxylic acids is 3. The molecule has 10 heteroatoms. The molecule has 9 nitrogen and oxygen atoms in total. The van der Waals surface area contributed by atoms with Crippen LogP contribution in [0.3, 0.4) is 0 Å². The summed E-state index contributed by atoms with van der Waals surface area (Å²) in [6.45, 7) is 2.54. The highest BCUT2D eigenvalue weighted by atomic mass is 19.1. The Hall–Kier alpha value is -3.50. The van der Waals surface area contributed by atoms with Crippen LogP contribution < -0.4 is 10.1 Å². The Morgan fingerprint density at radius 1 is 1.08 bits per heavy atom. The fourth-order valence-corrected chi connectivity index (χ4v) is 5.05. The number of halogens is 1. The number of hydrogen-bond donors (Lipinski definition) is 1. The Morgan fingerprint density at radius 3 is 2.59 bits per heavy atom. The number of rotatable bonds is 4. The summed E-state index contributed by atoms with van der Waals surface area (Å²) in [4.78, 5) is 42.1. The first-order valence-corrected chi connectivity index (χ1v) is 12.5. The zero-order valence-corrected chi connectivity index (χ0v) is 20.7. The minimum atomic E-state index is -0.427. The summed E-state index contributed by atoms with van der Waals surface area (Å²) in [5.41, 5.74) is 1.07. The number of ether oxygens (including phenoxy) is 3. The molecule has 0 saturated carbocycles. The van der Waals surface area contributed by atoms with E-state index in [2.05, 4.69) is 5.32 Å². The summed E-state index contributed by atoms with van der Waals surface area (Å²) in [5.74, 6) is -0.628. The van der Waals surface area contributed by atoms with Gasteiger partial charge in [-0.15, -0.1) is 0 Å². The molecule has 0 aromatic heterocycles. The number of hydrogen-bond acceptors (Lipinski definition) is 6. The van der Waals surface area contributed by atoms with Gasteiger partial charge in [-0.3, -0.25) is 14.4 Å². The van der Waals surface area contributed by atoms with Gasteiger partial charge in [0.05, 0.1) is 37.3 Å². The van der Waals surface area contributed by atoms with E-state index in [-0.39, 0.29) is 36.7 Å². The molecule has 3 aliphatic rings. The summed E-state index contributed by atoms with van der Waals surface area (Å²) in [7, 11) is 1.74. The Kier molecular flexibility index (Phi) is 7.38. The SMILES string of the molecule is CN1C(=O)c2cc(NC(=O)c3ccc(F)cc3)ccc2OC[C@@H]2O[C@H](CC(=O)N3CCOCC3)CC[C@@H]21. The highest BCUT2D eigenvalue weighted by Crippen LogP contribution is 2.33. The van der Waals surface area contributed by atoms with Crippen LogP contribution in [0.1, 0.15) is 40.0 Å². The third-order valence-corrected chi connectivity index (χ3v) is 7.14. The van der Waals surface area contributed by atoms with Crippen molar-refractivity contribution in [2.45, 2.75) is 37.5 Å². The van der Waals surface area contributed by atoms with E-state index in [1.807, 2.05) is 4.90 Å². The van der Waals surface area contributed by atoms with E-state index < -0.39 is 11.7 Å². The molecule has 0 spiro atoms. The van der Waals surface area contributed by atoms with Gasteiger partial charge in [-0.2, -0.15) is 0 Å². The topological polar surface area (TPSA) is 97.4 Å². The maximum Gasteiger partial charge on any atom is 0.257 e. The molecule has 1 N–H and O–H groups in total. The van der Waals surface area contributed by atoms with Crippen molar-refractivity contribution >= 4 is 23.4 Å². The van der Waals surface area contributed by atoms with Gasteiger partial charge in [0.2, 0.25) is 5.91 Å². The zero-order valence-electron chi connectivity index (χ0n) is 20.7. The summed E-state index contributed by atoms with van der Waals surface area (Å²) in [6, 6.07) is 9.90. The third-order valence-electron chi connectivity index (χ3n) is 7.14. The number of anilines is 1. The first-order valence-electron chi connectivity index (χ1n) is 12.5. The lowest BCUT2D eigenvalue weighted by molar-refractivity contribution is -0.146. The Bertz CT molecular complexity index is 1170. The van der Waals surface area contributed by atoms with Gasteiger partial charge in [-0.05, 0) is 55.3 Å². The molecule has 3 aliphatic heterocycles. The van der Waals surface area contributed by atoms with Gasteiger partial charge in [0.15, 0.2) is 0 Å². The van der Waals surface area contributed by atoms with E-state index in [0.717, 1.165) is 0 Å². The minimum absolute atomic E-state index is 0.0588. The summed E-state index contributed by atoms with van der Waals surface area (Å²) in [6.07, 6.45) is 1.06. The highest BCUT2D eigenvalue weighted by molar-refractivity contribution is 6.05. The van der Waals surface area contributed by atoms with E-state index in [1.165, 1.54) is 24.3 Å². The van der Waals surface area contributed by atoms with Crippen LogP contribution in [0, 0.1) is 5.82 Å². The fraction of sp³-hybridized carbons (Fsp3) is 0.444. The van der Waals surface area contributed by atoms with Crippen molar-refractivity contribution in [2.24, 2.45) is 0 Å². The fourth-order valence-electron chi connectivity index (χ4n) is 5.05. The van der Waals surface area contributed by atoms with Crippen molar-refractivity contribution < 1.29 is 33.0 Å². The lowest BCUT2D eigenvalue weighted by atomic mass is 9.94. The molecular weight excluding hydrogens is 481 g/mol. The van der Waals surface area contributed by atoms with Crippen LogP contribution in [0.4, 0.5) is 10.1 Å². The average molecular weight is 512 g/mol. The van der Waals surface area contributed by atoms with E-state index in [9.17, 15) is 18.8 Å². The predicted molar refractivity (Wildman–Crippen MR) is 132 cm³/mol. The number of nitrogens with zero attached hydrogens (tertiary/aromatic N) is 2. The van der Waals surface area contributed by atoms with Crippen LogP contribution in [0.5, 0.6) is 5.75 Å². The maximum absolute atomic E-state index is 13.4. The quantitative estimate of drug-likeness (QED) is 0.678. The van der Waals surface area contributed by atoms with Gasteiger partial charge in [0.25, 0.3) is 11.8 Å². The van der Waals surface area contributed by atoms with Crippen molar-refractivity contribution in [3.63, 3.8) is 0 Å². The molecule has 0 unspecified atom stereocenters. The molecule has 3 heterocycles. The first kappa shape index (κ1) is 25.2. The molecule has 37 heavy (non-hydrogen) atoms. The maximum atomic E-state index is 13.4. The number of morpholine rings is 1. The number of amides is 3. The number of likely N-dealkylation sites (N-methyl/N-ethyl adjacent to an activating group) is 1. The summed E-state index contributed by atoms with van der Waals surface area (Å²) >= 11 is 0. The van der Waals surface area contributed by atoms with Crippen LogP contribution in [-0.4, -0.2) is 85.7 Å². The predicted octanol–water partition coefficient (Wildman–Crippen LogP) is 2.71. The largest absolute Gasteiger partial charge is 0.490 e. The Morgan fingerprint density at radius 2 is 1.84 bits per heavy atom. The smallest absolute Gasteiger partial charge is 0.257 e. The number of benzene rings is 2. The van der Waals surface area contributed by atoms with Crippen molar-refractivity contribution in [1.29, 1.82) is 0 Å². The van der Waals surface area contributed by atoms with Crippen LogP contribution in [-0.2, 0) is 14.3 Å². The van der Waals surface area contributed by atoms with E-state index in [4.69, 9.17) is 14.2 Å². The van der Waals surface area contributed by atoms with Gasteiger partial charge in [0.1, 0.15) is 24.3 Å².